The second kappa shape index (κ2) is 5.92. The number of nitrogens with zero attached hydrogens (tertiary/aromatic N) is 2. The highest BCUT2D eigenvalue weighted by molar-refractivity contribution is 8.01. The molecule has 1 aromatic heterocycles. The Morgan fingerprint density at radius 1 is 1.39 bits per heavy atom. The topological polar surface area (TPSA) is 52.1 Å². The molecule has 0 bridgehead atoms. The lowest BCUT2D eigenvalue weighted by molar-refractivity contribution is -0.137. The van der Waals surface area contributed by atoms with Crippen molar-refractivity contribution >= 4 is 29.1 Å². The Morgan fingerprint density at radius 3 is 2.78 bits per heavy atom. The summed E-state index contributed by atoms with van der Waals surface area (Å²) in [6.45, 7) is 0. The largest absolute Gasteiger partial charge is 0.468 e. The Labute approximate surface area is 111 Å². The zero-order valence-electron chi connectivity index (χ0n) is 9.42. The molecule has 7 heteroatoms. The summed E-state index contributed by atoms with van der Waals surface area (Å²) in [4.78, 5) is 11.0. The van der Waals surface area contributed by atoms with Crippen LogP contribution >= 0.6 is 23.1 Å². The summed E-state index contributed by atoms with van der Waals surface area (Å²) in [5, 5.41) is 8.64. The average molecular weight is 284 g/mol. The van der Waals surface area contributed by atoms with E-state index < -0.39 is 0 Å². The lowest BCUT2D eigenvalue weighted by Gasteiger charge is -1.95. The van der Waals surface area contributed by atoms with Crippen LogP contribution in [0, 0.1) is 5.82 Å². The first-order chi connectivity index (χ1) is 8.69. The van der Waals surface area contributed by atoms with Crippen molar-refractivity contribution in [3.8, 4) is 10.6 Å². The van der Waals surface area contributed by atoms with Gasteiger partial charge in [0.15, 0.2) is 4.34 Å². The van der Waals surface area contributed by atoms with E-state index in [4.69, 9.17) is 0 Å². The van der Waals surface area contributed by atoms with Gasteiger partial charge in [0.25, 0.3) is 0 Å². The van der Waals surface area contributed by atoms with Crippen LogP contribution in [0.4, 0.5) is 4.39 Å². The maximum Gasteiger partial charge on any atom is 0.316 e. The molecule has 0 aliphatic rings. The first kappa shape index (κ1) is 13.0. The van der Waals surface area contributed by atoms with E-state index in [0.717, 1.165) is 5.56 Å². The van der Waals surface area contributed by atoms with Crippen molar-refractivity contribution in [3.05, 3.63) is 30.1 Å². The molecule has 2 aromatic rings. The van der Waals surface area contributed by atoms with E-state index in [1.807, 2.05) is 0 Å². The van der Waals surface area contributed by atoms with Gasteiger partial charge in [-0.3, -0.25) is 4.79 Å². The zero-order valence-corrected chi connectivity index (χ0v) is 11.1. The number of esters is 1. The molecule has 1 aromatic carbocycles. The Balaban J connectivity index is 2.06. The molecule has 4 nitrogen and oxygen atoms in total. The van der Waals surface area contributed by atoms with E-state index in [9.17, 15) is 9.18 Å². The highest BCUT2D eigenvalue weighted by Crippen LogP contribution is 2.29. The molecule has 0 spiro atoms. The smallest absolute Gasteiger partial charge is 0.316 e. The predicted octanol–water partition coefficient (Wildman–Crippen LogP) is 2.61. The maximum atomic E-state index is 12.8. The van der Waals surface area contributed by atoms with Crippen LogP contribution in [0.25, 0.3) is 10.6 Å². The molecule has 94 valence electrons. The van der Waals surface area contributed by atoms with Crippen molar-refractivity contribution in [1.82, 2.24) is 10.2 Å². The molecular weight excluding hydrogens is 275 g/mol. The molecule has 0 unspecified atom stereocenters. The minimum atomic E-state index is -0.307. The van der Waals surface area contributed by atoms with Gasteiger partial charge in [0.05, 0.1) is 12.9 Å². The van der Waals surface area contributed by atoms with Crippen LogP contribution in [-0.2, 0) is 9.53 Å². The monoisotopic (exact) mass is 284 g/mol. The van der Waals surface area contributed by atoms with Crippen molar-refractivity contribution < 1.29 is 13.9 Å². The Bertz CT molecular complexity index is 542. The summed E-state index contributed by atoms with van der Waals surface area (Å²) >= 11 is 2.62. The summed E-state index contributed by atoms with van der Waals surface area (Å²) < 4.78 is 18.0. The van der Waals surface area contributed by atoms with Crippen molar-refractivity contribution in [2.75, 3.05) is 12.9 Å². The SMILES string of the molecule is COC(=O)CSc1nnc(-c2ccc(F)cc2)s1. The fourth-order valence-corrected chi connectivity index (χ4v) is 2.85. The summed E-state index contributed by atoms with van der Waals surface area (Å²) in [6.07, 6.45) is 0. The Kier molecular flexibility index (Phi) is 4.27. The van der Waals surface area contributed by atoms with Crippen LogP contribution in [0.15, 0.2) is 28.6 Å². The number of rotatable bonds is 4. The number of hydrogen-bond donors (Lipinski definition) is 0. The van der Waals surface area contributed by atoms with Gasteiger partial charge in [0.2, 0.25) is 0 Å². The fourth-order valence-electron chi connectivity index (χ4n) is 1.16. The van der Waals surface area contributed by atoms with Gasteiger partial charge in [-0.25, -0.2) is 4.39 Å². The Morgan fingerprint density at radius 2 is 2.11 bits per heavy atom. The third-order valence-corrected chi connectivity index (χ3v) is 4.12. The van der Waals surface area contributed by atoms with E-state index in [1.54, 1.807) is 12.1 Å². The van der Waals surface area contributed by atoms with E-state index in [0.29, 0.717) is 9.35 Å². The summed E-state index contributed by atoms with van der Waals surface area (Å²) in [5.41, 5.74) is 0.804. The fraction of sp³-hybridized carbons (Fsp3) is 0.182. The molecule has 0 amide bonds. The van der Waals surface area contributed by atoms with E-state index >= 15 is 0 Å². The van der Waals surface area contributed by atoms with Gasteiger partial charge in [-0.05, 0) is 24.3 Å². The third kappa shape index (κ3) is 3.27. The highest BCUT2D eigenvalue weighted by atomic mass is 32.2. The molecule has 0 aliphatic carbocycles. The lowest BCUT2D eigenvalue weighted by atomic mass is 10.2. The van der Waals surface area contributed by atoms with Crippen molar-refractivity contribution in [2.45, 2.75) is 4.34 Å². The number of methoxy groups -OCH3 is 1. The van der Waals surface area contributed by atoms with Gasteiger partial charge >= 0.3 is 5.97 Å². The number of benzene rings is 1. The van der Waals surface area contributed by atoms with Crippen LogP contribution in [0.5, 0.6) is 0 Å². The van der Waals surface area contributed by atoms with Gasteiger partial charge in [-0.2, -0.15) is 0 Å². The van der Waals surface area contributed by atoms with E-state index in [-0.39, 0.29) is 17.5 Å². The number of halogens is 1. The predicted molar refractivity (Wildman–Crippen MR) is 68.0 cm³/mol. The number of aromatic nitrogens is 2. The number of ether oxygens (including phenoxy) is 1. The van der Waals surface area contributed by atoms with E-state index in [1.165, 1.54) is 42.3 Å². The molecule has 1 heterocycles. The van der Waals surface area contributed by atoms with Gasteiger partial charge in [0.1, 0.15) is 10.8 Å². The molecule has 0 N–H and O–H groups in total. The van der Waals surface area contributed by atoms with Crippen molar-refractivity contribution in [2.24, 2.45) is 0 Å². The van der Waals surface area contributed by atoms with Crippen molar-refractivity contribution in [3.63, 3.8) is 0 Å². The van der Waals surface area contributed by atoms with Crippen LogP contribution in [0.1, 0.15) is 0 Å². The minimum Gasteiger partial charge on any atom is -0.468 e. The van der Waals surface area contributed by atoms with Crippen LogP contribution in [0.2, 0.25) is 0 Å². The van der Waals surface area contributed by atoms with Crippen LogP contribution < -0.4 is 0 Å². The first-order valence-electron chi connectivity index (χ1n) is 4.98. The molecule has 0 fully saturated rings. The summed E-state index contributed by atoms with van der Waals surface area (Å²) in [6, 6.07) is 6.03. The minimum absolute atomic E-state index is 0.203. The van der Waals surface area contributed by atoms with Crippen molar-refractivity contribution in [1.29, 1.82) is 0 Å². The lowest BCUT2D eigenvalue weighted by Crippen LogP contribution is -2.02. The van der Waals surface area contributed by atoms with Crippen LogP contribution in [-0.4, -0.2) is 29.0 Å². The van der Waals surface area contributed by atoms with Gasteiger partial charge in [-0.1, -0.05) is 23.1 Å². The van der Waals surface area contributed by atoms with Gasteiger partial charge in [-0.15, -0.1) is 10.2 Å². The number of thioether (sulfide) groups is 1. The molecular formula is C11H9FN2O2S2. The molecule has 0 saturated carbocycles. The molecule has 0 aliphatic heterocycles. The number of hydrogen-bond acceptors (Lipinski definition) is 6. The molecule has 0 atom stereocenters. The average Bonchev–Trinajstić information content (AvgIpc) is 2.85. The third-order valence-electron chi connectivity index (χ3n) is 2.04. The van der Waals surface area contributed by atoms with Gasteiger partial charge < -0.3 is 4.74 Å². The molecule has 0 saturated heterocycles. The number of carbonyl (C=O) groups is 1. The number of carbonyl (C=O) groups excluding carboxylic acids is 1. The molecule has 0 radical (unpaired) electrons. The Hall–Kier alpha value is -1.47. The second-order valence-electron chi connectivity index (χ2n) is 3.24. The molecule has 18 heavy (non-hydrogen) atoms. The first-order valence-corrected chi connectivity index (χ1v) is 6.78. The second-order valence-corrected chi connectivity index (χ2v) is 5.44. The highest BCUT2D eigenvalue weighted by Gasteiger charge is 2.09. The quantitative estimate of drug-likeness (QED) is 0.638. The maximum absolute atomic E-state index is 12.8. The zero-order chi connectivity index (χ0) is 13.0. The standard InChI is InChI=1S/C11H9FN2O2S2/c1-16-9(15)6-17-11-14-13-10(18-11)7-2-4-8(12)5-3-7/h2-5H,6H2,1H3. The summed E-state index contributed by atoms with van der Waals surface area (Å²) in [5.74, 6) is -0.392. The molecule has 2 rings (SSSR count). The summed E-state index contributed by atoms with van der Waals surface area (Å²) in [7, 11) is 1.34. The van der Waals surface area contributed by atoms with Crippen LogP contribution in [0.3, 0.4) is 0 Å². The van der Waals surface area contributed by atoms with Gasteiger partial charge in [0, 0.05) is 5.56 Å². The normalized spacial score (nSPS) is 10.3. The van der Waals surface area contributed by atoms with E-state index in [2.05, 4.69) is 14.9 Å².